The van der Waals surface area contributed by atoms with E-state index in [9.17, 15) is 0 Å². The monoisotopic (exact) mass is 352 g/mol. The molecule has 0 bridgehead atoms. The first kappa shape index (κ1) is 23.2. The van der Waals surface area contributed by atoms with E-state index < -0.39 is 7.87 Å². The molecule has 5 nitrogen and oxygen atoms in total. The van der Waals surface area contributed by atoms with Crippen molar-refractivity contribution in [2.24, 2.45) is 0 Å². The van der Waals surface area contributed by atoms with Crippen molar-refractivity contribution in [2.75, 3.05) is 65.6 Å². The van der Waals surface area contributed by atoms with E-state index in [1.54, 1.807) is 0 Å². The van der Waals surface area contributed by atoms with Crippen molar-refractivity contribution >= 4 is 7.87 Å². The van der Waals surface area contributed by atoms with Crippen molar-refractivity contribution in [3.63, 3.8) is 0 Å². The van der Waals surface area contributed by atoms with Gasteiger partial charge in [-0.3, -0.25) is 0 Å². The standard InChI is InChI=1S/C16H38N4OP.FH/c1-7-17(8-2)22(18(9-3)10-4,19(11-5)12-6)20-13-15-21-16-14-20;/h7-16H2,1-6H3;1H/q+1;/p-1. The van der Waals surface area contributed by atoms with Gasteiger partial charge in [0.2, 0.25) is 0 Å². The first-order chi connectivity index (χ1) is 10.7. The lowest BCUT2D eigenvalue weighted by molar-refractivity contribution is -0.00000602. The molecule has 0 saturated carbocycles. The van der Waals surface area contributed by atoms with Gasteiger partial charge in [-0.1, -0.05) is 0 Å². The van der Waals surface area contributed by atoms with Gasteiger partial charge in [-0.25, -0.2) is 0 Å². The molecule has 0 radical (unpaired) electrons. The molecule has 0 spiro atoms. The van der Waals surface area contributed by atoms with E-state index in [4.69, 9.17) is 4.74 Å². The number of hydrogen-bond acceptors (Lipinski definition) is 5. The summed E-state index contributed by atoms with van der Waals surface area (Å²) in [7, 11) is -1.65. The molecule has 0 amide bonds. The van der Waals surface area contributed by atoms with Crippen LogP contribution in [0.3, 0.4) is 0 Å². The largest absolute Gasteiger partial charge is 1.00 e. The summed E-state index contributed by atoms with van der Waals surface area (Å²) >= 11 is 0. The van der Waals surface area contributed by atoms with Gasteiger partial charge in [0.05, 0.1) is 26.3 Å². The normalized spacial score (nSPS) is 17.1. The Morgan fingerprint density at radius 2 is 1.00 bits per heavy atom. The van der Waals surface area contributed by atoms with Crippen molar-refractivity contribution in [1.29, 1.82) is 0 Å². The fourth-order valence-electron chi connectivity index (χ4n) is 3.70. The minimum absolute atomic E-state index is 0. The minimum Gasteiger partial charge on any atom is -1.00 e. The zero-order valence-electron chi connectivity index (χ0n) is 16.1. The lowest BCUT2D eigenvalue weighted by atomic mass is 10.5. The molecule has 1 heterocycles. The first-order valence-corrected chi connectivity index (χ1v) is 10.7. The van der Waals surface area contributed by atoms with Crippen LogP contribution < -0.4 is 4.70 Å². The number of ether oxygens (including phenoxy) is 1. The summed E-state index contributed by atoms with van der Waals surface area (Å²) in [5, 5.41) is 0. The Morgan fingerprint density at radius 1 is 0.696 bits per heavy atom. The van der Waals surface area contributed by atoms with Crippen LogP contribution in [0.4, 0.5) is 0 Å². The van der Waals surface area contributed by atoms with E-state index in [1.165, 1.54) is 0 Å². The molecular weight excluding hydrogens is 314 g/mol. The maximum absolute atomic E-state index is 5.66. The predicted octanol–water partition coefficient (Wildman–Crippen LogP) is 0.0256. The first-order valence-electron chi connectivity index (χ1n) is 9.15. The van der Waals surface area contributed by atoms with Crippen LogP contribution >= 0.6 is 7.87 Å². The number of hydrogen-bond donors (Lipinski definition) is 0. The van der Waals surface area contributed by atoms with Gasteiger partial charge in [0.1, 0.15) is 0 Å². The summed E-state index contributed by atoms with van der Waals surface area (Å²) in [6.07, 6.45) is 0. The summed E-state index contributed by atoms with van der Waals surface area (Å²) in [4.78, 5) is 0. The second kappa shape index (κ2) is 11.7. The summed E-state index contributed by atoms with van der Waals surface area (Å²) in [6, 6.07) is 0. The molecule has 7 heteroatoms. The van der Waals surface area contributed by atoms with Crippen molar-refractivity contribution < 1.29 is 9.44 Å². The molecule has 23 heavy (non-hydrogen) atoms. The van der Waals surface area contributed by atoms with Gasteiger partial charge in [0, 0.05) is 39.3 Å². The molecule has 1 rings (SSSR count). The third-order valence-electron chi connectivity index (χ3n) is 4.70. The zero-order valence-corrected chi connectivity index (χ0v) is 17.0. The van der Waals surface area contributed by atoms with Gasteiger partial charge >= 0.3 is 7.87 Å². The highest BCUT2D eigenvalue weighted by Crippen LogP contribution is 2.69. The summed E-state index contributed by atoms with van der Waals surface area (Å²) < 4.78 is 16.6. The second-order valence-corrected chi connectivity index (χ2v) is 8.86. The topological polar surface area (TPSA) is 22.2 Å². The van der Waals surface area contributed by atoms with E-state index in [0.717, 1.165) is 65.6 Å². The molecule has 1 aliphatic heterocycles. The summed E-state index contributed by atoms with van der Waals surface area (Å²) in [5.41, 5.74) is 0. The predicted molar refractivity (Wildman–Crippen MR) is 98.1 cm³/mol. The van der Waals surface area contributed by atoms with Gasteiger partial charge in [-0.05, 0) is 41.5 Å². The molecule has 0 aromatic heterocycles. The molecule has 0 aromatic carbocycles. The Labute approximate surface area is 143 Å². The number of nitrogens with zero attached hydrogens (tertiary/aromatic N) is 4. The highest BCUT2D eigenvalue weighted by molar-refractivity contribution is 7.66. The maximum atomic E-state index is 5.66. The Hall–Kier alpha value is 0.160. The van der Waals surface area contributed by atoms with Crippen LogP contribution in [0, 0.1) is 0 Å². The fraction of sp³-hybridized carbons (Fsp3) is 1.00. The molecule has 0 aliphatic carbocycles. The molecule has 140 valence electrons. The highest BCUT2D eigenvalue weighted by atomic mass is 31.2. The van der Waals surface area contributed by atoms with Crippen molar-refractivity contribution in [2.45, 2.75) is 41.5 Å². The second-order valence-electron chi connectivity index (χ2n) is 5.52. The third-order valence-corrected chi connectivity index (χ3v) is 9.83. The molecule has 1 fully saturated rings. The van der Waals surface area contributed by atoms with Crippen LogP contribution in [0.5, 0.6) is 0 Å². The van der Waals surface area contributed by atoms with Crippen LogP contribution in [-0.4, -0.2) is 84.3 Å². The number of morpholine rings is 1. The molecule has 0 N–H and O–H groups in total. The Balaban J connectivity index is 0.00000484. The quantitative estimate of drug-likeness (QED) is 0.516. The van der Waals surface area contributed by atoms with E-state index in [1.807, 2.05) is 0 Å². The lowest BCUT2D eigenvalue weighted by Gasteiger charge is -2.51. The van der Waals surface area contributed by atoms with Crippen molar-refractivity contribution in [3.05, 3.63) is 0 Å². The minimum atomic E-state index is -1.65. The molecule has 1 aliphatic rings. The van der Waals surface area contributed by atoms with Crippen LogP contribution in [0.2, 0.25) is 0 Å². The summed E-state index contributed by atoms with van der Waals surface area (Å²) in [5.74, 6) is 0. The molecule has 1 saturated heterocycles. The van der Waals surface area contributed by atoms with Gasteiger partial charge in [0.25, 0.3) is 0 Å². The van der Waals surface area contributed by atoms with Gasteiger partial charge < -0.3 is 9.44 Å². The smallest absolute Gasteiger partial charge is 0.308 e. The van der Waals surface area contributed by atoms with Crippen LogP contribution in [-0.2, 0) is 4.74 Å². The van der Waals surface area contributed by atoms with Gasteiger partial charge in [-0.15, -0.1) is 18.7 Å². The highest BCUT2D eigenvalue weighted by Gasteiger charge is 2.59. The Kier molecular flexibility index (Phi) is 11.7. The molecular formula is C16H38FN4OP. The Bertz CT molecular complexity index is 263. The Morgan fingerprint density at radius 3 is 1.26 bits per heavy atom. The van der Waals surface area contributed by atoms with Crippen LogP contribution in [0.1, 0.15) is 41.5 Å². The molecule has 0 unspecified atom stereocenters. The van der Waals surface area contributed by atoms with Crippen molar-refractivity contribution in [1.82, 2.24) is 18.7 Å². The summed E-state index contributed by atoms with van der Waals surface area (Å²) in [6.45, 7) is 24.3. The van der Waals surface area contributed by atoms with E-state index in [2.05, 4.69) is 60.2 Å². The maximum Gasteiger partial charge on any atom is 0.308 e. The van der Waals surface area contributed by atoms with Gasteiger partial charge in [-0.2, -0.15) is 0 Å². The fourth-order valence-corrected chi connectivity index (χ4v) is 8.83. The van der Waals surface area contributed by atoms with E-state index in [-0.39, 0.29) is 4.70 Å². The van der Waals surface area contributed by atoms with Gasteiger partial charge in [0.15, 0.2) is 0 Å². The zero-order chi connectivity index (χ0) is 16.6. The number of rotatable bonds is 10. The number of halogens is 1. The lowest BCUT2D eigenvalue weighted by Crippen LogP contribution is -3.00. The SMILES string of the molecule is CCN(CC)[P+](N(CC)CC)(N(CC)CC)N1CCOCC1.[F-]. The van der Waals surface area contributed by atoms with Crippen LogP contribution in [0.25, 0.3) is 0 Å². The average Bonchev–Trinajstić information content (AvgIpc) is 2.58. The average molecular weight is 352 g/mol. The van der Waals surface area contributed by atoms with Crippen molar-refractivity contribution in [3.8, 4) is 0 Å². The third kappa shape index (κ3) is 4.62. The molecule has 0 aromatic rings. The van der Waals surface area contributed by atoms with E-state index >= 15 is 0 Å². The van der Waals surface area contributed by atoms with Crippen LogP contribution in [0.15, 0.2) is 0 Å². The molecule has 0 atom stereocenters. The van der Waals surface area contributed by atoms with E-state index in [0.29, 0.717) is 0 Å².